The number of carbonyl (C=O) groups is 2. The lowest BCUT2D eigenvalue weighted by molar-refractivity contribution is -0.116. The number of hydrogen-bond donors (Lipinski definition) is 3. The molecule has 116 valence electrons. The molecule has 0 saturated heterocycles. The van der Waals surface area contributed by atoms with Gasteiger partial charge in [-0.3, -0.25) is 9.59 Å². The van der Waals surface area contributed by atoms with Gasteiger partial charge in [0, 0.05) is 12.5 Å². The second kappa shape index (κ2) is 7.68. The van der Waals surface area contributed by atoms with E-state index in [9.17, 15) is 18.4 Å². The van der Waals surface area contributed by atoms with Crippen molar-refractivity contribution in [3.05, 3.63) is 29.3 Å². The van der Waals surface area contributed by atoms with Gasteiger partial charge in [-0.05, 0) is 31.4 Å². The van der Waals surface area contributed by atoms with E-state index in [2.05, 4.69) is 5.32 Å². The molecule has 0 heterocycles. The van der Waals surface area contributed by atoms with Crippen molar-refractivity contribution in [2.24, 2.45) is 17.4 Å². The van der Waals surface area contributed by atoms with Crippen molar-refractivity contribution in [1.82, 2.24) is 0 Å². The van der Waals surface area contributed by atoms with Crippen LogP contribution < -0.4 is 16.8 Å². The fraction of sp³-hybridized carbons (Fsp3) is 0.429. The van der Waals surface area contributed by atoms with Gasteiger partial charge in [0.2, 0.25) is 5.91 Å². The van der Waals surface area contributed by atoms with Gasteiger partial charge in [-0.15, -0.1) is 0 Å². The van der Waals surface area contributed by atoms with E-state index >= 15 is 0 Å². The maximum absolute atomic E-state index is 13.6. The van der Waals surface area contributed by atoms with Gasteiger partial charge in [0.25, 0.3) is 5.91 Å². The third kappa shape index (κ3) is 5.11. The van der Waals surface area contributed by atoms with Gasteiger partial charge >= 0.3 is 0 Å². The van der Waals surface area contributed by atoms with Crippen LogP contribution in [0.25, 0.3) is 0 Å². The number of nitrogens with one attached hydrogen (secondary N) is 1. The van der Waals surface area contributed by atoms with Gasteiger partial charge < -0.3 is 16.8 Å². The molecular formula is C14H19F2N3O2. The Morgan fingerprint density at radius 2 is 1.90 bits per heavy atom. The highest BCUT2D eigenvalue weighted by Crippen LogP contribution is 2.20. The second-order valence-corrected chi connectivity index (χ2v) is 4.95. The zero-order valence-corrected chi connectivity index (χ0v) is 11.8. The SMILES string of the molecule is CC(CCN)CCC(=O)Nc1cc(C(N)=O)c(F)cc1F. The minimum Gasteiger partial charge on any atom is -0.366 e. The summed E-state index contributed by atoms with van der Waals surface area (Å²) in [4.78, 5) is 22.7. The summed E-state index contributed by atoms with van der Waals surface area (Å²) in [6.07, 6.45) is 1.59. The van der Waals surface area contributed by atoms with E-state index in [-0.39, 0.29) is 18.0 Å². The van der Waals surface area contributed by atoms with Gasteiger partial charge in [0.15, 0.2) is 0 Å². The molecule has 5 nitrogen and oxygen atoms in total. The van der Waals surface area contributed by atoms with E-state index in [1.54, 1.807) is 0 Å². The van der Waals surface area contributed by atoms with Crippen molar-refractivity contribution in [2.45, 2.75) is 26.2 Å². The van der Waals surface area contributed by atoms with Crippen molar-refractivity contribution in [2.75, 3.05) is 11.9 Å². The molecule has 0 aliphatic rings. The summed E-state index contributed by atoms with van der Waals surface area (Å²) in [5, 5.41) is 2.31. The third-order valence-corrected chi connectivity index (χ3v) is 3.12. The molecule has 0 saturated carbocycles. The minimum absolute atomic E-state index is 0.184. The molecule has 1 aromatic rings. The molecule has 0 fully saturated rings. The summed E-state index contributed by atoms with van der Waals surface area (Å²) in [5.74, 6) is -3.19. The van der Waals surface area contributed by atoms with Crippen molar-refractivity contribution in [3.63, 3.8) is 0 Å². The molecule has 1 aromatic carbocycles. The van der Waals surface area contributed by atoms with E-state index in [0.29, 0.717) is 19.0 Å². The van der Waals surface area contributed by atoms with E-state index in [1.165, 1.54) is 0 Å². The van der Waals surface area contributed by atoms with Crippen LogP contribution in [0.15, 0.2) is 12.1 Å². The molecule has 2 amide bonds. The zero-order chi connectivity index (χ0) is 16.0. The number of hydrogen-bond acceptors (Lipinski definition) is 3. The summed E-state index contributed by atoms with van der Waals surface area (Å²) < 4.78 is 26.8. The van der Waals surface area contributed by atoms with E-state index in [0.717, 1.165) is 12.5 Å². The number of anilines is 1. The molecule has 0 aliphatic carbocycles. The first-order valence-corrected chi connectivity index (χ1v) is 6.64. The Balaban J connectivity index is 2.72. The van der Waals surface area contributed by atoms with Crippen LogP contribution in [0.1, 0.15) is 36.5 Å². The Morgan fingerprint density at radius 1 is 1.24 bits per heavy atom. The van der Waals surface area contributed by atoms with Gasteiger partial charge in [0.05, 0.1) is 11.3 Å². The summed E-state index contributed by atoms with van der Waals surface area (Å²) in [6.45, 7) is 2.50. The van der Waals surface area contributed by atoms with Gasteiger partial charge in [-0.2, -0.15) is 0 Å². The van der Waals surface area contributed by atoms with Crippen LogP contribution in [0.2, 0.25) is 0 Å². The number of nitrogens with two attached hydrogens (primary N) is 2. The van der Waals surface area contributed by atoms with Crippen molar-refractivity contribution in [3.8, 4) is 0 Å². The zero-order valence-electron chi connectivity index (χ0n) is 11.8. The van der Waals surface area contributed by atoms with Crippen LogP contribution in [0.4, 0.5) is 14.5 Å². The summed E-state index contributed by atoms with van der Waals surface area (Å²) in [7, 11) is 0. The van der Waals surface area contributed by atoms with Gasteiger partial charge in [-0.1, -0.05) is 6.92 Å². The number of primary amides is 1. The second-order valence-electron chi connectivity index (χ2n) is 4.95. The molecule has 1 atom stereocenters. The number of carbonyl (C=O) groups excluding carboxylic acids is 2. The smallest absolute Gasteiger partial charge is 0.251 e. The first-order chi connectivity index (χ1) is 9.85. The number of benzene rings is 1. The number of amides is 2. The molecule has 1 rings (SSSR count). The average Bonchev–Trinajstić information content (AvgIpc) is 2.39. The average molecular weight is 299 g/mol. The summed E-state index contributed by atoms with van der Waals surface area (Å²) >= 11 is 0. The first kappa shape index (κ1) is 17.0. The van der Waals surface area contributed by atoms with Gasteiger partial charge in [-0.25, -0.2) is 8.78 Å². The van der Waals surface area contributed by atoms with Gasteiger partial charge in [0.1, 0.15) is 11.6 Å². The predicted molar refractivity (Wildman–Crippen MR) is 75.6 cm³/mol. The molecule has 0 aliphatic heterocycles. The van der Waals surface area contributed by atoms with E-state index < -0.39 is 29.0 Å². The van der Waals surface area contributed by atoms with E-state index in [1.807, 2.05) is 6.92 Å². The predicted octanol–water partition coefficient (Wildman–Crippen LogP) is 1.77. The molecular weight excluding hydrogens is 280 g/mol. The van der Waals surface area contributed by atoms with Crippen LogP contribution >= 0.6 is 0 Å². The van der Waals surface area contributed by atoms with Crippen LogP contribution in [0.5, 0.6) is 0 Å². The molecule has 0 aromatic heterocycles. The third-order valence-electron chi connectivity index (χ3n) is 3.12. The summed E-state index contributed by atoms with van der Waals surface area (Å²) in [5.41, 5.74) is 9.65. The first-order valence-electron chi connectivity index (χ1n) is 6.64. The topological polar surface area (TPSA) is 98.2 Å². The fourth-order valence-electron chi connectivity index (χ4n) is 1.85. The lowest BCUT2D eigenvalue weighted by Gasteiger charge is -2.11. The van der Waals surface area contributed by atoms with Crippen LogP contribution in [0, 0.1) is 17.6 Å². The minimum atomic E-state index is -1.06. The van der Waals surface area contributed by atoms with Crippen molar-refractivity contribution >= 4 is 17.5 Å². The fourth-order valence-corrected chi connectivity index (χ4v) is 1.85. The number of rotatable bonds is 7. The Bertz CT molecular complexity index is 535. The Labute approximate surface area is 121 Å². The largest absolute Gasteiger partial charge is 0.366 e. The lowest BCUT2D eigenvalue weighted by atomic mass is 10.0. The molecule has 0 bridgehead atoms. The van der Waals surface area contributed by atoms with Crippen molar-refractivity contribution in [1.29, 1.82) is 0 Å². The highest BCUT2D eigenvalue weighted by atomic mass is 19.1. The van der Waals surface area contributed by atoms with E-state index in [4.69, 9.17) is 11.5 Å². The Morgan fingerprint density at radius 3 is 2.48 bits per heavy atom. The Hall–Kier alpha value is -2.02. The normalized spacial score (nSPS) is 12.0. The summed E-state index contributed by atoms with van der Waals surface area (Å²) in [6, 6.07) is 1.42. The van der Waals surface area contributed by atoms with Crippen LogP contribution in [-0.2, 0) is 4.79 Å². The molecule has 0 spiro atoms. The highest BCUT2D eigenvalue weighted by molar-refractivity contribution is 5.96. The maximum atomic E-state index is 13.6. The lowest BCUT2D eigenvalue weighted by Crippen LogP contribution is -2.17. The Kier molecular flexibility index (Phi) is 6.23. The monoisotopic (exact) mass is 299 g/mol. The molecule has 21 heavy (non-hydrogen) atoms. The molecule has 0 radical (unpaired) electrons. The van der Waals surface area contributed by atoms with Crippen LogP contribution in [-0.4, -0.2) is 18.4 Å². The standard InChI is InChI=1S/C14H19F2N3O2/c1-8(4-5-17)2-3-13(20)19-12-6-9(14(18)21)10(15)7-11(12)16/h6-8H,2-5,17H2,1H3,(H2,18,21)(H,19,20). The highest BCUT2D eigenvalue weighted by Gasteiger charge is 2.15. The molecule has 1 unspecified atom stereocenters. The maximum Gasteiger partial charge on any atom is 0.251 e. The number of halogens is 2. The quantitative estimate of drug-likeness (QED) is 0.715. The molecule has 5 N–H and O–H groups in total. The van der Waals surface area contributed by atoms with Crippen molar-refractivity contribution < 1.29 is 18.4 Å². The molecule has 7 heteroatoms. The van der Waals surface area contributed by atoms with Crippen LogP contribution in [0.3, 0.4) is 0 Å².